The predicted octanol–water partition coefficient (Wildman–Crippen LogP) is 6.69. The molecule has 0 atom stereocenters. The molecule has 0 aliphatic heterocycles. The number of hydrogen-bond acceptors (Lipinski definition) is 0. The van der Waals surface area contributed by atoms with Gasteiger partial charge >= 0.3 is 0 Å². The fraction of sp³-hybridized carbons (Fsp3) is 0.556. The molecule has 1 heteroatoms. The van der Waals surface area contributed by atoms with Gasteiger partial charge in [0.25, 0.3) is 0 Å². The van der Waals surface area contributed by atoms with Crippen LogP contribution in [0.25, 0.3) is 0 Å². The van der Waals surface area contributed by atoms with E-state index in [1.165, 1.54) is 61.4 Å². The average Bonchev–Trinajstić information content (AvgIpc) is 2.41. The maximum atomic E-state index is 3.51. The monoisotopic (exact) mass is 322 g/mol. The summed E-state index contributed by atoms with van der Waals surface area (Å²) in [5, 5.41) is 0. The topological polar surface area (TPSA) is 0 Å². The van der Waals surface area contributed by atoms with Gasteiger partial charge < -0.3 is 0 Å². The third-order valence-corrected chi connectivity index (χ3v) is 3.88. The lowest BCUT2D eigenvalue weighted by atomic mass is 10.1. The molecule has 0 unspecified atom stereocenters. The molecule has 0 bridgehead atoms. The minimum atomic E-state index is 1.05. The first-order valence-electron chi connectivity index (χ1n) is 7.72. The fourth-order valence-electron chi connectivity index (χ4n) is 2.22. The third kappa shape index (κ3) is 9.04. The Bertz CT molecular complexity index is 354. The van der Waals surface area contributed by atoms with Gasteiger partial charge in [-0.1, -0.05) is 85.7 Å². The van der Waals surface area contributed by atoms with Crippen LogP contribution in [0.3, 0.4) is 0 Å². The molecule has 0 aromatic heterocycles. The van der Waals surface area contributed by atoms with Crippen LogP contribution in [-0.2, 0) is 6.42 Å². The Labute approximate surface area is 127 Å². The lowest BCUT2D eigenvalue weighted by Crippen LogP contribution is -1.81. The first-order chi connectivity index (χ1) is 9.33. The normalized spacial score (nSPS) is 11.3. The highest BCUT2D eigenvalue weighted by molar-refractivity contribution is 9.10. The maximum Gasteiger partial charge on any atom is 0.0178 e. The summed E-state index contributed by atoms with van der Waals surface area (Å²) in [6.45, 7) is 2.27. The van der Waals surface area contributed by atoms with Crippen molar-refractivity contribution in [1.29, 1.82) is 0 Å². The van der Waals surface area contributed by atoms with Gasteiger partial charge in [0.2, 0.25) is 0 Å². The van der Waals surface area contributed by atoms with E-state index in [0.717, 1.165) is 6.42 Å². The van der Waals surface area contributed by atoms with Gasteiger partial charge in [0.1, 0.15) is 0 Å². The lowest BCUT2D eigenvalue weighted by molar-refractivity contribution is 0.592. The minimum Gasteiger partial charge on any atom is -0.0882 e. The summed E-state index contributed by atoms with van der Waals surface area (Å²) >= 11 is 3.51. The summed E-state index contributed by atoms with van der Waals surface area (Å²) in [7, 11) is 0. The van der Waals surface area contributed by atoms with Gasteiger partial charge in [-0.25, -0.2) is 0 Å². The Morgan fingerprint density at radius 1 is 0.947 bits per heavy atom. The van der Waals surface area contributed by atoms with Gasteiger partial charge in [0.15, 0.2) is 0 Å². The largest absolute Gasteiger partial charge is 0.0882 e. The summed E-state index contributed by atoms with van der Waals surface area (Å²) in [6, 6.07) is 8.55. The molecule has 1 aromatic rings. The van der Waals surface area contributed by atoms with Gasteiger partial charge in [-0.3, -0.25) is 0 Å². The van der Waals surface area contributed by atoms with Crippen molar-refractivity contribution in [2.24, 2.45) is 0 Å². The highest BCUT2D eigenvalue weighted by Crippen LogP contribution is 2.13. The molecule has 19 heavy (non-hydrogen) atoms. The smallest absolute Gasteiger partial charge is 0.0178 e. The quantitative estimate of drug-likeness (QED) is 0.332. The van der Waals surface area contributed by atoms with Crippen molar-refractivity contribution in [3.8, 4) is 0 Å². The fourth-order valence-corrected chi connectivity index (χ4v) is 2.67. The zero-order valence-corrected chi connectivity index (χ0v) is 13.8. The van der Waals surface area contributed by atoms with Crippen molar-refractivity contribution in [1.82, 2.24) is 0 Å². The van der Waals surface area contributed by atoms with Crippen LogP contribution in [-0.4, -0.2) is 0 Å². The van der Waals surface area contributed by atoms with Crippen molar-refractivity contribution in [3.63, 3.8) is 0 Å². The van der Waals surface area contributed by atoms with Gasteiger partial charge in [-0.2, -0.15) is 0 Å². The van der Waals surface area contributed by atoms with Crippen molar-refractivity contribution in [3.05, 3.63) is 46.5 Å². The summed E-state index contributed by atoms with van der Waals surface area (Å²) in [6.07, 6.45) is 16.7. The molecule has 0 spiro atoms. The molecule has 0 saturated carbocycles. The minimum absolute atomic E-state index is 1.05. The van der Waals surface area contributed by atoms with Crippen LogP contribution >= 0.6 is 15.9 Å². The Morgan fingerprint density at radius 3 is 2.42 bits per heavy atom. The molecule has 0 amide bonds. The molecule has 0 saturated heterocycles. The SMILES string of the molecule is CCCCCCCCCC=CCc1cccc(Br)c1. The maximum absolute atomic E-state index is 3.51. The van der Waals surface area contributed by atoms with E-state index in [1.54, 1.807) is 0 Å². The molecule has 106 valence electrons. The molecule has 1 aromatic carbocycles. The van der Waals surface area contributed by atoms with E-state index in [0.29, 0.717) is 0 Å². The zero-order valence-electron chi connectivity index (χ0n) is 12.2. The number of allylic oxidation sites excluding steroid dienone is 2. The standard InChI is InChI=1S/C18H27Br/c1-2-3-4-5-6-7-8-9-10-11-13-17-14-12-15-18(19)16-17/h10-12,14-16H,2-9,13H2,1H3. The van der Waals surface area contributed by atoms with E-state index in [9.17, 15) is 0 Å². The molecule has 0 nitrogen and oxygen atoms in total. The van der Waals surface area contributed by atoms with Crippen LogP contribution in [0.4, 0.5) is 0 Å². The third-order valence-electron chi connectivity index (χ3n) is 3.38. The van der Waals surface area contributed by atoms with E-state index >= 15 is 0 Å². The molecule has 0 radical (unpaired) electrons. The number of rotatable bonds is 10. The second kappa shape index (κ2) is 11.3. The van der Waals surface area contributed by atoms with E-state index in [4.69, 9.17) is 0 Å². The summed E-state index contributed by atoms with van der Waals surface area (Å²) in [5.41, 5.74) is 1.38. The number of unbranched alkanes of at least 4 members (excludes halogenated alkanes) is 7. The molecule has 0 N–H and O–H groups in total. The summed E-state index contributed by atoms with van der Waals surface area (Å²) in [4.78, 5) is 0. The molecular weight excluding hydrogens is 296 g/mol. The van der Waals surface area contributed by atoms with Crippen LogP contribution in [0.5, 0.6) is 0 Å². The molecule has 0 fully saturated rings. The van der Waals surface area contributed by atoms with Crippen LogP contribution < -0.4 is 0 Å². The van der Waals surface area contributed by atoms with Crippen molar-refractivity contribution < 1.29 is 0 Å². The Balaban J connectivity index is 1.99. The number of benzene rings is 1. The zero-order chi connectivity index (χ0) is 13.8. The molecule has 0 aliphatic carbocycles. The first-order valence-corrected chi connectivity index (χ1v) is 8.51. The van der Waals surface area contributed by atoms with Crippen LogP contribution in [0.15, 0.2) is 40.9 Å². The van der Waals surface area contributed by atoms with Crippen LogP contribution in [0.2, 0.25) is 0 Å². The Morgan fingerprint density at radius 2 is 1.68 bits per heavy atom. The van der Waals surface area contributed by atoms with Crippen molar-refractivity contribution in [2.45, 2.75) is 64.7 Å². The number of halogens is 1. The summed E-state index contributed by atoms with van der Waals surface area (Å²) in [5.74, 6) is 0. The average molecular weight is 323 g/mol. The molecule has 1 rings (SSSR count). The van der Waals surface area contributed by atoms with Gasteiger partial charge in [0, 0.05) is 4.47 Å². The van der Waals surface area contributed by atoms with Gasteiger partial charge in [-0.05, 0) is 37.0 Å². The first kappa shape index (κ1) is 16.5. The summed E-state index contributed by atoms with van der Waals surface area (Å²) < 4.78 is 1.17. The van der Waals surface area contributed by atoms with Crippen molar-refractivity contribution >= 4 is 15.9 Å². The highest BCUT2D eigenvalue weighted by atomic mass is 79.9. The molecular formula is C18H27Br. The Kier molecular flexibility index (Phi) is 9.79. The second-order valence-corrected chi connectivity index (χ2v) is 6.13. The van der Waals surface area contributed by atoms with E-state index in [-0.39, 0.29) is 0 Å². The van der Waals surface area contributed by atoms with Crippen molar-refractivity contribution in [2.75, 3.05) is 0 Å². The van der Waals surface area contributed by atoms with Gasteiger partial charge in [-0.15, -0.1) is 0 Å². The van der Waals surface area contributed by atoms with E-state index < -0.39 is 0 Å². The molecule has 0 heterocycles. The van der Waals surface area contributed by atoms with Gasteiger partial charge in [0.05, 0.1) is 0 Å². The van der Waals surface area contributed by atoms with E-state index in [1.807, 2.05) is 0 Å². The highest BCUT2D eigenvalue weighted by Gasteiger charge is 1.91. The van der Waals surface area contributed by atoms with Crippen LogP contribution in [0, 0.1) is 0 Å². The number of hydrogen-bond donors (Lipinski definition) is 0. The molecule has 0 aliphatic rings. The Hall–Kier alpha value is -0.560. The lowest BCUT2D eigenvalue weighted by Gasteiger charge is -1.99. The second-order valence-electron chi connectivity index (χ2n) is 5.22. The van der Waals surface area contributed by atoms with Crippen LogP contribution in [0.1, 0.15) is 63.9 Å². The van der Waals surface area contributed by atoms with E-state index in [2.05, 4.69) is 59.3 Å². The predicted molar refractivity (Wildman–Crippen MR) is 89.6 cm³/mol.